The van der Waals surface area contributed by atoms with Crippen molar-refractivity contribution in [1.82, 2.24) is 28.1 Å². The van der Waals surface area contributed by atoms with Crippen LogP contribution in [0.1, 0.15) is 43.9 Å². The Hall–Kier alpha value is 2.75. The van der Waals surface area contributed by atoms with Crippen molar-refractivity contribution in [3.63, 3.8) is 0 Å². The fraction of sp³-hybridized carbons (Fsp3) is 0.250. The number of hydrogen-bond acceptors (Lipinski definition) is 15. The van der Waals surface area contributed by atoms with Crippen molar-refractivity contribution in [2.75, 3.05) is 13.2 Å². The summed E-state index contributed by atoms with van der Waals surface area (Å²) in [6.45, 7) is 1.93. The second-order valence-corrected chi connectivity index (χ2v) is 21.4. The van der Waals surface area contributed by atoms with Crippen LogP contribution in [0.3, 0.4) is 0 Å². The number of ether oxygens (including phenoxy) is 1. The van der Waals surface area contributed by atoms with Crippen molar-refractivity contribution in [1.29, 1.82) is 0 Å². The van der Waals surface area contributed by atoms with Crippen LogP contribution in [0.25, 0.3) is 5.00 Å². The SMILES string of the molecule is BrC(Br)(Br)Br.C1CCOC1.O=C(O)c1cnsc1.O=C(O)c1cnsc1-n1nccn1.O=C(O)c1cnsc1Br.O=COO.[Cu][I].[K].[K]. The first-order chi connectivity index (χ1) is 21.7. The van der Waals surface area contributed by atoms with Gasteiger partial charge >= 0.3 is 57.5 Å². The summed E-state index contributed by atoms with van der Waals surface area (Å²) >= 11 is 24.7. The van der Waals surface area contributed by atoms with Crippen LogP contribution in [0.2, 0.25) is 0 Å². The normalized spacial score (nSPS) is 10.4. The minimum Gasteiger partial charge on any atom is 0 e. The molecule has 48 heavy (non-hydrogen) atoms. The number of carbonyl (C=O) groups excluding carboxylic acids is 1. The molecule has 4 aromatic rings. The van der Waals surface area contributed by atoms with E-state index in [1.165, 1.54) is 54.0 Å². The summed E-state index contributed by atoms with van der Waals surface area (Å²) < 4.78 is 16.3. The van der Waals surface area contributed by atoms with Gasteiger partial charge in [-0.3, -0.25) is 4.79 Å². The first-order valence-electron chi connectivity index (χ1n) is 10.9. The molecule has 28 heteroatoms. The van der Waals surface area contributed by atoms with E-state index in [1.54, 1.807) is 20.3 Å². The standard InChI is InChI=1S/C6H4N4O2S.C4H2BrNO2S.C4H3NO2S.C4H8O.CBr4.CH2O3.Cu.HI.2K/c11-6(12)4-3-9-13-5(4)10-7-1-2-8-10;5-3-2(4(7)8)1-6-9-3;6-4(7)3-1-5-8-2-3;1-2-4-5-3-1;2-1(3,4)5;2-1-4-3;;;;/h1-3H,(H,11,12);1H,(H,7,8);1-2H,(H,6,7);1-4H2;;1,3H;;1H;;/q;;;;;;+1;;;/p-1. The Morgan fingerprint density at radius 2 is 1.35 bits per heavy atom. The Labute approximate surface area is 432 Å². The fourth-order valence-electron chi connectivity index (χ4n) is 2.03. The Morgan fingerprint density at radius 3 is 1.62 bits per heavy atom. The number of aromatic nitrogens is 6. The second-order valence-electron chi connectivity index (χ2n) is 6.65. The van der Waals surface area contributed by atoms with Crippen LogP contribution in [0, 0.1) is 0 Å². The van der Waals surface area contributed by atoms with Gasteiger partial charge in [-0.2, -0.15) is 18.9 Å². The van der Waals surface area contributed by atoms with E-state index in [1.807, 2.05) is 0 Å². The topological polar surface area (TPSA) is 237 Å². The van der Waals surface area contributed by atoms with Crippen LogP contribution >= 0.6 is 135 Å². The van der Waals surface area contributed by atoms with Gasteiger partial charge in [0.25, 0.3) is 0 Å². The third-order valence-corrected chi connectivity index (χ3v) is 6.49. The van der Waals surface area contributed by atoms with E-state index in [2.05, 4.69) is 121 Å². The van der Waals surface area contributed by atoms with Gasteiger partial charge in [0.2, 0.25) is 0 Å². The molecule has 0 atom stereocenters. The van der Waals surface area contributed by atoms with E-state index in [-0.39, 0.29) is 127 Å². The van der Waals surface area contributed by atoms with Gasteiger partial charge in [0.1, 0.15) is 14.9 Å². The molecule has 0 aromatic carbocycles. The maximum atomic E-state index is 10.7. The second kappa shape index (κ2) is 36.7. The molecule has 0 spiro atoms. The fourth-order valence-corrected chi connectivity index (χ4v) is 4.22. The molecule has 0 bridgehead atoms. The molecule has 0 saturated carbocycles. The smallest absolute Gasteiger partial charge is 0 e. The van der Waals surface area contributed by atoms with Crippen LogP contribution in [-0.4, -0.2) is 190 Å². The average Bonchev–Trinajstić information content (AvgIpc) is 3.84. The van der Waals surface area contributed by atoms with E-state index >= 15 is 0 Å². The largest absolute Gasteiger partial charge is 0 e. The van der Waals surface area contributed by atoms with Crippen molar-refractivity contribution >= 4 is 262 Å². The zero-order valence-corrected chi connectivity index (χ0v) is 43.8. The van der Waals surface area contributed by atoms with Crippen molar-refractivity contribution in [3.05, 3.63) is 56.8 Å². The summed E-state index contributed by atoms with van der Waals surface area (Å²) in [7, 11) is 0. The Morgan fingerprint density at radius 1 is 0.896 bits per heavy atom. The van der Waals surface area contributed by atoms with Crippen molar-refractivity contribution in [2.24, 2.45) is 0 Å². The van der Waals surface area contributed by atoms with Gasteiger partial charge in [-0.25, -0.2) is 24.0 Å². The molecule has 0 aliphatic carbocycles. The van der Waals surface area contributed by atoms with Gasteiger partial charge in [-0.15, -0.1) is 4.80 Å². The summed E-state index contributed by atoms with van der Waals surface area (Å²) in [5, 5.41) is 41.9. The zero-order chi connectivity index (χ0) is 35.5. The molecule has 1 saturated heterocycles. The molecule has 16 nitrogen and oxygen atoms in total. The third kappa shape index (κ3) is 32.2. The van der Waals surface area contributed by atoms with E-state index in [9.17, 15) is 14.4 Å². The monoisotopic (exact) mass is 1260 g/mol. The molecule has 0 unspecified atom stereocenters. The number of hydrogen-bond donors (Lipinski definition) is 4. The number of carboxylic acid groups (broad SMARTS) is 3. The van der Waals surface area contributed by atoms with Crippen LogP contribution in [0.4, 0.5) is 0 Å². The van der Waals surface area contributed by atoms with Gasteiger partial charge in [0.05, 0.1) is 36.5 Å². The predicted molar refractivity (Wildman–Crippen MR) is 204 cm³/mol. The van der Waals surface area contributed by atoms with Crippen molar-refractivity contribution in [3.8, 4) is 5.00 Å². The van der Waals surface area contributed by atoms with Gasteiger partial charge < -0.3 is 24.9 Å². The molecule has 1 fully saturated rings. The number of carboxylic acids is 3. The molecule has 1 aliphatic heterocycles. The average molecular weight is 1270 g/mol. The molecular weight excluding hydrogens is 1250 g/mol. The first-order valence-corrected chi connectivity index (χ1v) is 20.3. The number of nitrogens with zero attached hydrogens (tertiary/aromatic N) is 6. The first kappa shape index (κ1) is 57.5. The molecule has 5 heterocycles. The van der Waals surface area contributed by atoms with Crippen LogP contribution < -0.4 is 0 Å². The van der Waals surface area contributed by atoms with Gasteiger partial charge in [0, 0.05) is 121 Å². The molecule has 5 rings (SSSR count). The van der Waals surface area contributed by atoms with Gasteiger partial charge in [-0.1, -0.05) is 0 Å². The number of halogens is 6. The Bertz CT molecular complexity index is 1380. The maximum Gasteiger partial charge on any atom is 0 e. The van der Waals surface area contributed by atoms with E-state index in [0.717, 1.165) is 47.8 Å². The van der Waals surface area contributed by atoms with E-state index in [0.29, 0.717) is 8.79 Å². The summed E-state index contributed by atoms with van der Waals surface area (Å²) in [6, 6.07) is 0. The molecular formula is C20H19Br5CuIK2N6O10S3. The van der Waals surface area contributed by atoms with Gasteiger partial charge in [0.15, 0.2) is 6.05 Å². The van der Waals surface area contributed by atoms with Crippen molar-refractivity contribution < 1.29 is 62.1 Å². The summed E-state index contributed by atoms with van der Waals surface area (Å²) in [5.74, 6) is -2.89. The molecule has 0 amide bonds. The minimum atomic E-state index is -1.03. The van der Waals surface area contributed by atoms with Crippen LogP contribution in [0.15, 0.2) is 40.2 Å². The Kier molecular flexibility index (Phi) is 44.0. The van der Waals surface area contributed by atoms with Crippen LogP contribution in [0.5, 0.6) is 0 Å². The summed E-state index contributed by atoms with van der Waals surface area (Å²) in [6.07, 6.45) is 9.44. The quantitative estimate of drug-likeness (QED) is 0.0412. The Balaban J connectivity index is -0.000000249. The predicted octanol–water partition coefficient (Wildman–Crippen LogP) is 6.60. The number of alkyl halides is 4. The number of aromatic carboxylic acids is 3. The molecule has 1 aliphatic rings. The van der Waals surface area contributed by atoms with E-state index in [4.69, 9.17) is 30.1 Å². The van der Waals surface area contributed by atoms with E-state index < -0.39 is 17.9 Å². The molecule has 4 N–H and O–H groups in total. The molecule has 2 radical (unpaired) electrons. The maximum absolute atomic E-state index is 10.7. The number of carbonyl (C=O) groups is 4. The number of rotatable bonds is 5. The summed E-state index contributed by atoms with van der Waals surface area (Å²) in [4.78, 5) is 43.7. The minimum absolute atomic E-state index is 0. The summed E-state index contributed by atoms with van der Waals surface area (Å²) in [5.41, 5.74) is 0.594. The van der Waals surface area contributed by atoms with Crippen LogP contribution in [-0.2, 0) is 27.2 Å². The van der Waals surface area contributed by atoms with Crippen molar-refractivity contribution in [2.45, 2.75) is 13.9 Å². The molecule has 262 valence electrons. The zero-order valence-electron chi connectivity index (χ0n) is 24.1. The third-order valence-electron chi connectivity index (χ3n) is 3.69. The molecule has 4 aromatic heterocycles. The van der Waals surface area contributed by atoms with Gasteiger partial charge in [-0.05, 0) is 127 Å².